The summed E-state index contributed by atoms with van der Waals surface area (Å²) < 4.78 is 0.691. The van der Waals surface area contributed by atoms with Crippen LogP contribution in [0.4, 0.5) is 0 Å². The summed E-state index contributed by atoms with van der Waals surface area (Å²) >= 11 is 8.63. The maximum absolute atomic E-state index is 13.1. The number of rotatable bonds is 10. The molecule has 10 heteroatoms. The third kappa shape index (κ3) is 6.47. The van der Waals surface area contributed by atoms with Crippen LogP contribution in [0.25, 0.3) is 11.1 Å². The highest BCUT2D eigenvalue weighted by Crippen LogP contribution is 2.43. The fourth-order valence-corrected chi connectivity index (χ4v) is 5.45. The molecule has 0 saturated carbocycles. The summed E-state index contributed by atoms with van der Waals surface area (Å²) in [5.74, 6) is -2.55. The summed E-state index contributed by atoms with van der Waals surface area (Å²) in [6, 6.07) is 7.65. The van der Waals surface area contributed by atoms with Gasteiger partial charge in [0.05, 0.1) is 9.77 Å². The first-order valence-electron chi connectivity index (χ1n) is 9.49. The van der Waals surface area contributed by atoms with Crippen molar-refractivity contribution in [1.29, 1.82) is 5.26 Å². The molecule has 1 aromatic carbocycles. The van der Waals surface area contributed by atoms with E-state index in [2.05, 4.69) is 11.4 Å². The second-order valence-electron chi connectivity index (χ2n) is 6.79. The molecule has 2 rings (SSSR count). The van der Waals surface area contributed by atoms with Crippen molar-refractivity contribution in [3.63, 3.8) is 0 Å². The van der Waals surface area contributed by atoms with Crippen LogP contribution in [-0.2, 0) is 9.59 Å². The van der Waals surface area contributed by atoms with Crippen LogP contribution in [-0.4, -0.2) is 34.2 Å². The number of benzene rings is 1. The first-order valence-corrected chi connectivity index (χ1v) is 11.6. The quantitative estimate of drug-likeness (QED) is 0.435. The molecule has 0 aliphatic rings. The number of carboxylic acids is 1. The molecule has 1 aromatic heterocycles. The zero-order valence-corrected chi connectivity index (χ0v) is 19.4. The summed E-state index contributed by atoms with van der Waals surface area (Å²) in [5, 5.41) is 22.5. The molecule has 4 N–H and O–H groups in total. The van der Waals surface area contributed by atoms with Crippen LogP contribution >= 0.6 is 34.7 Å². The van der Waals surface area contributed by atoms with Crippen LogP contribution in [0.5, 0.6) is 0 Å². The molecule has 2 atom stereocenters. The molecule has 0 fully saturated rings. The van der Waals surface area contributed by atoms with Gasteiger partial charge in [0.2, 0.25) is 5.91 Å². The van der Waals surface area contributed by atoms with E-state index in [1.807, 2.05) is 13.8 Å². The van der Waals surface area contributed by atoms with Crippen LogP contribution in [0, 0.1) is 11.3 Å². The Morgan fingerprint density at radius 1 is 1.32 bits per heavy atom. The molecule has 1 unspecified atom stereocenters. The number of thiophene rings is 1. The van der Waals surface area contributed by atoms with Gasteiger partial charge in [-0.1, -0.05) is 37.6 Å². The molecule has 2 aromatic rings. The van der Waals surface area contributed by atoms with Crippen molar-refractivity contribution in [3.8, 4) is 17.2 Å². The molecule has 0 aliphatic heterocycles. The molecule has 0 saturated heterocycles. The first-order chi connectivity index (χ1) is 14.7. The zero-order valence-electron chi connectivity index (χ0n) is 17.0. The van der Waals surface area contributed by atoms with Crippen LogP contribution in [0.3, 0.4) is 0 Å². The van der Waals surface area contributed by atoms with E-state index in [4.69, 9.17) is 17.3 Å². The van der Waals surface area contributed by atoms with Crippen LogP contribution in [0.2, 0.25) is 5.02 Å². The van der Waals surface area contributed by atoms with E-state index in [9.17, 15) is 24.8 Å². The fraction of sp³-hybridized carbons (Fsp3) is 0.333. The van der Waals surface area contributed by atoms with Crippen LogP contribution < -0.4 is 11.1 Å². The van der Waals surface area contributed by atoms with E-state index in [1.165, 1.54) is 11.8 Å². The van der Waals surface area contributed by atoms with Gasteiger partial charge in [-0.2, -0.15) is 5.26 Å². The van der Waals surface area contributed by atoms with Gasteiger partial charge in [-0.25, -0.2) is 4.79 Å². The predicted molar refractivity (Wildman–Crippen MR) is 122 cm³/mol. The number of hydrogen-bond donors (Lipinski definition) is 3. The molecular formula is C21H22ClN3O4S2. The van der Waals surface area contributed by atoms with E-state index >= 15 is 0 Å². The Bertz CT molecular complexity index is 1010. The zero-order chi connectivity index (χ0) is 23.1. The Hall–Kier alpha value is -2.54. The summed E-state index contributed by atoms with van der Waals surface area (Å²) in [6.45, 7) is 4.05. The van der Waals surface area contributed by atoms with Gasteiger partial charge < -0.3 is 16.2 Å². The molecule has 7 nitrogen and oxygen atoms in total. The van der Waals surface area contributed by atoms with Gasteiger partial charge in [0.1, 0.15) is 17.0 Å². The Labute approximate surface area is 193 Å². The highest BCUT2D eigenvalue weighted by Gasteiger charge is 2.28. The number of aliphatic carboxylic acids is 1. The van der Waals surface area contributed by atoms with Gasteiger partial charge in [-0.05, 0) is 30.5 Å². The highest BCUT2D eigenvalue weighted by molar-refractivity contribution is 8.01. The van der Waals surface area contributed by atoms with E-state index in [0.29, 0.717) is 25.9 Å². The number of nitriles is 1. The maximum atomic E-state index is 13.1. The minimum absolute atomic E-state index is 0.127. The van der Waals surface area contributed by atoms with Gasteiger partial charge in [0, 0.05) is 22.3 Å². The molecule has 0 spiro atoms. The van der Waals surface area contributed by atoms with Crippen molar-refractivity contribution >= 4 is 52.5 Å². The lowest BCUT2D eigenvalue weighted by atomic mass is 10.0. The molecule has 1 heterocycles. The third-order valence-corrected chi connectivity index (χ3v) is 7.42. The number of primary amides is 1. The molecule has 0 radical (unpaired) electrons. The van der Waals surface area contributed by atoms with E-state index in [1.54, 1.807) is 24.3 Å². The smallest absolute Gasteiger partial charge is 0.326 e. The highest BCUT2D eigenvalue weighted by atomic mass is 35.5. The number of halogens is 1. The van der Waals surface area contributed by atoms with Gasteiger partial charge in [0.25, 0.3) is 5.91 Å². The van der Waals surface area contributed by atoms with Crippen molar-refractivity contribution in [1.82, 2.24) is 5.32 Å². The van der Waals surface area contributed by atoms with Crippen molar-refractivity contribution in [2.45, 2.75) is 48.6 Å². The Kier molecular flexibility index (Phi) is 8.92. The first kappa shape index (κ1) is 24.7. The van der Waals surface area contributed by atoms with Crippen molar-refractivity contribution in [3.05, 3.63) is 39.7 Å². The van der Waals surface area contributed by atoms with Crippen molar-refractivity contribution < 1.29 is 19.5 Å². The fourth-order valence-electron chi connectivity index (χ4n) is 2.68. The minimum Gasteiger partial charge on any atom is -0.480 e. The maximum Gasteiger partial charge on any atom is 0.326 e. The monoisotopic (exact) mass is 479 g/mol. The van der Waals surface area contributed by atoms with Gasteiger partial charge >= 0.3 is 5.97 Å². The van der Waals surface area contributed by atoms with E-state index < -0.39 is 23.8 Å². The molecule has 0 bridgehead atoms. The number of nitrogens with zero attached hydrogens (tertiary/aromatic N) is 1. The number of nitrogens with one attached hydrogen (secondary N) is 1. The Morgan fingerprint density at radius 2 is 1.97 bits per heavy atom. The number of hydrogen-bond acceptors (Lipinski definition) is 6. The summed E-state index contributed by atoms with van der Waals surface area (Å²) in [4.78, 5) is 35.9. The average Bonchev–Trinajstić information content (AvgIpc) is 3.09. The van der Waals surface area contributed by atoms with Gasteiger partial charge in [-0.15, -0.1) is 23.1 Å². The number of carboxylic acid groups (broad SMARTS) is 1. The molecule has 0 aliphatic carbocycles. The summed E-state index contributed by atoms with van der Waals surface area (Å²) in [7, 11) is 0. The lowest BCUT2D eigenvalue weighted by Gasteiger charge is -2.14. The topological polar surface area (TPSA) is 133 Å². The number of amides is 2. The standard InChI is InChI=1S/C21H22ClN3O4S2/c1-3-11(2)30-21-14(10-23)17(12-4-6-13(22)7-5-12)18(31-21)19(27)25-15(20(28)29)8-9-16(24)26/h4-7,11,15H,3,8-9H2,1-2H3,(H2,24,26)(H,25,27)(H,28,29)/t11?,15-/m0/s1. The summed E-state index contributed by atoms with van der Waals surface area (Å²) in [5.41, 5.74) is 6.53. The molecule has 164 valence electrons. The number of thioether (sulfide) groups is 1. The van der Waals surface area contributed by atoms with Gasteiger partial charge in [-0.3, -0.25) is 9.59 Å². The minimum atomic E-state index is -1.28. The number of nitrogens with two attached hydrogens (primary N) is 1. The Balaban J connectivity index is 2.52. The largest absolute Gasteiger partial charge is 0.480 e. The predicted octanol–water partition coefficient (Wildman–Crippen LogP) is 4.28. The number of carbonyl (C=O) groups is 3. The van der Waals surface area contributed by atoms with Crippen molar-refractivity contribution in [2.24, 2.45) is 5.73 Å². The normalized spacial score (nSPS) is 12.6. The van der Waals surface area contributed by atoms with Crippen LogP contribution in [0.15, 0.2) is 28.5 Å². The SMILES string of the molecule is CCC(C)Sc1sc(C(=O)N[C@@H](CCC(N)=O)C(=O)O)c(-c2ccc(Cl)cc2)c1C#N. The molecule has 2 amide bonds. The second kappa shape index (κ2) is 11.2. The lowest BCUT2D eigenvalue weighted by Crippen LogP contribution is -2.41. The Morgan fingerprint density at radius 3 is 2.48 bits per heavy atom. The van der Waals surface area contributed by atoms with E-state index in [-0.39, 0.29) is 23.0 Å². The molecule has 31 heavy (non-hydrogen) atoms. The van der Waals surface area contributed by atoms with Crippen LogP contribution in [0.1, 0.15) is 48.3 Å². The number of carbonyl (C=O) groups excluding carboxylic acids is 2. The van der Waals surface area contributed by atoms with Gasteiger partial charge in [0.15, 0.2) is 0 Å². The van der Waals surface area contributed by atoms with E-state index in [0.717, 1.165) is 17.8 Å². The van der Waals surface area contributed by atoms with Crippen molar-refractivity contribution in [2.75, 3.05) is 0 Å². The third-order valence-electron chi connectivity index (χ3n) is 4.49. The second-order valence-corrected chi connectivity index (χ2v) is 9.96. The summed E-state index contributed by atoms with van der Waals surface area (Å²) in [6.07, 6.45) is 0.571. The lowest BCUT2D eigenvalue weighted by molar-refractivity contribution is -0.139. The molecular weight excluding hydrogens is 458 g/mol. The average molecular weight is 480 g/mol.